The predicted molar refractivity (Wildman–Crippen MR) is 138 cm³/mol. The van der Waals surface area contributed by atoms with E-state index in [1.54, 1.807) is 48.5 Å². The minimum absolute atomic E-state index is 0.0992. The highest BCUT2D eigenvalue weighted by Crippen LogP contribution is 2.26. The van der Waals surface area contributed by atoms with Crippen molar-refractivity contribution in [3.8, 4) is 5.75 Å². The summed E-state index contributed by atoms with van der Waals surface area (Å²) >= 11 is 0. The average molecular weight is 495 g/mol. The molecule has 0 radical (unpaired) electrons. The Hall–Kier alpha value is -3.62. The molecule has 0 aliphatic carbocycles. The summed E-state index contributed by atoms with van der Waals surface area (Å²) in [5.41, 5.74) is 2.75. The van der Waals surface area contributed by atoms with Crippen LogP contribution in [0.3, 0.4) is 0 Å². The molecule has 0 spiro atoms. The second kappa shape index (κ2) is 11.7. The first-order valence-electron chi connectivity index (χ1n) is 11.2. The highest BCUT2D eigenvalue weighted by molar-refractivity contribution is 7.92. The van der Waals surface area contributed by atoms with E-state index in [1.807, 2.05) is 25.1 Å². The molecule has 35 heavy (non-hydrogen) atoms. The number of nitrogens with one attached hydrogen (secondary N) is 1. The number of hydrogen-bond acceptors (Lipinski definition) is 5. The van der Waals surface area contributed by atoms with Crippen LogP contribution in [0.4, 0.5) is 11.4 Å². The van der Waals surface area contributed by atoms with Gasteiger partial charge in [0.05, 0.1) is 17.1 Å². The molecule has 0 aromatic heterocycles. The zero-order valence-electron chi connectivity index (χ0n) is 19.8. The number of benzene rings is 3. The molecule has 3 rings (SSSR count). The van der Waals surface area contributed by atoms with E-state index in [-0.39, 0.29) is 24.0 Å². The van der Waals surface area contributed by atoms with Crippen LogP contribution >= 0.6 is 0 Å². The van der Waals surface area contributed by atoms with Crippen molar-refractivity contribution in [2.75, 3.05) is 22.8 Å². The fourth-order valence-corrected chi connectivity index (χ4v) is 5.00. The molecular formula is C27H30N2O5S. The summed E-state index contributed by atoms with van der Waals surface area (Å²) in [4.78, 5) is 11.4. The fraction of sp³-hybridized carbons (Fsp3) is 0.222. The van der Waals surface area contributed by atoms with Gasteiger partial charge in [-0.15, -0.1) is 6.58 Å². The van der Waals surface area contributed by atoms with Crippen LogP contribution in [-0.2, 0) is 21.2 Å². The smallest absolute Gasteiger partial charge is 0.264 e. The van der Waals surface area contributed by atoms with Crippen molar-refractivity contribution in [1.29, 1.82) is 0 Å². The summed E-state index contributed by atoms with van der Waals surface area (Å²) < 4.78 is 34.1. The molecule has 1 unspecified atom stereocenters. The Balaban J connectivity index is 1.86. The second-order valence-electron chi connectivity index (χ2n) is 8.14. The van der Waals surface area contributed by atoms with E-state index < -0.39 is 16.1 Å². The minimum Gasteiger partial charge on any atom is -0.491 e. The molecule has 8 heteroatoms. The molecule has 0 saturated heterocycles. The second-order valence-corrected chi connectivity index (χ2v) is 10.0. The number of anilines is 2. The quantitative estimate of drug-likeness (QED) is 0.387. The van der Waals surface area contributed by atoms with E-state index in [0.717, 1.165) is 15.4 Å². The van der Waals surface area contributed by atoms with Gasteiger partial charge in [0.1, 0.15) is 18.5 Å². The van der Waals surface area contributed by atoms with Gasteiger partial charge < -0.3 is 15.2 Å². The summed E-state index contributed by atoms with van der Waals surface area (Å²) in [6, 6.07) is 20.4. The van der Waals surface area contributed by atoms with Crippen LogP contribution in [0, 0.1) is 6.92 Å². The molecule has 1 amide bonds. The normalized spacial score (nSPS) is 12.0. The number of rotatable bonds is 11. The maximum atomic E-state index is 13.5. The maximum absolute atomic E-state index is 13.5. The summed E-state index contributed by atoms with van der Waals surface area (Å²) in [5, 5.41) is 13.4. The van der Waals surface area contributed by atoms with Crippen molar-refractivity contribution in [3.63, 3.8) is 0 Å². The van der Waals surface area contributed by atoms with Gasteiger partial charge in [0.25, 0.3) is 10.0 Å². The standard InChI is InChI=1S/C27H30N2O5S/c1-4-7-22-8-5-6-9-27(22)34-19-25(31)18-29(24-14-12-23(13-15-24)28-21(3)30)35(32,33)26-16-10-20(2)11-17-26/h4-6,8-17,25,31H,1,7,18-19H2,2-3H3,(H,28,30). The van der Waals surface area contributed by atoms with Crippen LogP contribution in [0.25, 0.3) is 0 Å². The third kappa shape index (κ3) is 6.94. The van der Waals surface area contributed by atoms with Crippen LogP contribution in [0.15, 0.2) is 90.3 Å². The summed E-state index contributed by atoms with van der Waals surface area (Å²) in [6.45, 7) is 6.69. The van der Waals surface area contributed by atoms with Crippen molar-refractivity contribution >= 4 is 27.3 Å². The number of para-hydroxylation sites is 1. The molecule has 0 heterocycles. The largest absolute Gasteiger partial charge is 0.491 e. The van der Waals surface area contributed by atoms with Crippen LogP contribution in [0.2, 0.25) is 0 Å². The van der Waals surface area contributed by atoms with Crippen molar-refractivity contribution in [1.82, 2.24) is 0 Å². The number of carbonyl (C=O) groups excluding carboxylic acids is 1. The zero-order valence-corrected chi connectivity index (χ0v) is 20.7. The number of carbonyl (C=O) groups is 1. The van der Waals surface area contributed by atoms with E-state index in [0.29, 0.717) is 23.5 Å². The molecule has 2 N–H and O–H groups in total. The number of aliphatic hydroxyl groups excluding tert-OH is 1. The lowest BCUT2D eigenvalue weighted by molar-refractivity contribution is -0.114. The van der Waals surface area contributed by atoms with Gasteiger partial charge in [0.15, 0.2) is 0 Å². The van der Waals surface area contributed by atoms with Crippen LogP contribution in [-0.4, -0.2) is 38.7 Å². The third-order valence-electron chi connectivity index (χ3n) is 5.23. The van der Waals surface area contributed by atoms with Gasteiger partial charge in [-0.3, -0.25) is 9.10 Å². The molecule has 184 valence electrons. The maximum Gasteiger partial charge on any atom is 0.264 e. The fourth-order valence-electron chi connectivity index (χ4n) is 3.49. The number of aliphatic hydroxyl groups is 1. The SMILES string of the molecule is C=CCc1ccccc1OCC(O)CN(c1ccc(NC(C)=O)cc1)S(=O)(=O)c1ccc(C)cc1. The molecule has 3 aromatic rings. The van der Waals surface area contributed by atoms with E-state index >= 15 is 0 Å². The topological polar surface area (TPSA) is 95.9 Å². The number of sulfonamides is 1. The van der Waals surface area contributed by atoms with E-state index in [2.05, 4.69) is 11.9 Å². The Kier molecular flexibility index (Phi) is 8.68. The van der Waals surface area contributed by atoms with Crippen LogP contribution in [0.5, 0.6) is 5.75 Å². The lowest BCUT2D eigenvalue weighted by Gasteiger charge is -2.27. The molecule has 3 aromatic carbocycles. The van der Waals surface area contributed by atoms with Gasteiger partial charge in [0.2, 0.25) is 5.91 Å². The number of nitrogens with zero attached hydrogens (tertiary/aromatic N) is 1. The molecule has 0 bridgehead atoms. The van der Waals surface area contributed by atoms with Gasteiger partial charge in [-0.1, -0.05) is 42.0 Å². The third-order valence-corrected chi connectivity index (χ3v) is 7.04. The first-order chi connectivity index (χ1) is 16.7. The van der Waals surface area contributed by atoms with E-state index in [1.165, 1.54) is 19.1 Å². The van der Waals surface area contributed by atoms with Gasteiger partial charge >= 0.3 is 0 Å². The predicted octanol–water partition coefficient (Wildman–Crippen LogP) is 4.32. The highest BCUT2D eigenvalue weighted by atomic mass is 32.2. The lowest BCUT2D eigenvalue weighted by Crippen LogP contribution is -2.40. The molecular weight excluding hydrogens is 464 g/mol. The molecule has 0 saturated carbocycles. The first-order valence-corrected chi connectivity index (χ1v) is 12.6. The lowest BCUT2D eigenvalue weighted by atomic mass is 10.1. The summed E-state index contributed by atoms with van der Waals surface area (Å²) in [5.74, 6) is 0.380. The van der Waals surface area contributed by atoms with Crippen molar-refractivity contribution in [2.24, 2.45) is 0 Å². The molecule has 0 aliphatic rings. The number of hydrogen-bond donors (Lipinski definition) is 2. The Morgan fingerprint density at radius 2 is 1.74 bits per heavy atom. The number of allylic oxidation sites excluding steroid dienone is 1. The number of amides is 1. The highest BCUT2D eigenvalue weighted by Gasteiger charge is 2.27. The first kappa shape index (κ1) is 26.0. The van der Waals surface area contributed by atoms with Crippen molar-refractivity contribution < 1.29 is 23.1 Å². The monoisotopic (exact) mass is 494 g/mol. The number of ether oxygens (including phenoxy) is 1. The number of aryl methyl sites for hydroxylation is 1. The molecule has 1 atom stereocenters. The zero-order chi connectivity index (χ0) is 25.4. The summed E-state index contributed by atoms with van der Waals surface area (Å²) in [6.07, 6.45) is 1.27. The van der Waals surface area contributed by atoms with Crippen LogP contribution < -0.4 is 14.4 Å². The van der Waals surface area contributed by atoms with Gasteiger partial charge in [-0.25, -0.2) is 8.42 Å². The van der Waals surface area contributed by atoms with E-state index in [4.69, 9.17) is 4.74 Å². The van der Waals surface area contributed by atoms with Gasteiger partial charge in [-0.05, 0) is 61.4 Å². The Morgan fingerprint density at radius 3 is 2.37 bits per heavy atom. The van der Waals surface area contributed by atoms with E-state index in [9.17, 15) is 18.3 Å². The average Bonchev–Trinajstić information content (AvgIpc) is 2.82. The molecule has 7 nitrogen and oxygen atoms in total. The van der Waals surface area contributed by atoms with Gasteiger partial charge in [0, 0.05) is 12.6 Å². The summed E-state index contributed by atoms with van der Waals surface area (Å²) in [7, 11) is -3.98. The minimum atomic E-state index is -3.98. The van der Waals surface area contributed by atoms with Gasteiger partial charge in [-0.2, -0.15) is 0 Å². The Labute approximate surface area is 206 Å². The Morgan fingerprint density at radius 1 is 1.09 bits per heavy atom. The van der Waals surface area contributed by atoms with Crippen LogP contribution in [0.1, 0.15) is 18.1 Å². The Bertz CT molecular complexity index is 1260. The van der Waals surface area contributed by atoms with Crippen molar-refractivity contribution in [2.45, 2.75) is 31.3 Å². The molecule has 0 fully saturated rings. The molecule has 0 aliphatic heterocycles. The van der Waals surface area contributed by atoms with Crippen molar-refractivity contribution in [3.05, 3.63) is 96.6 Å².